The first-order chi connectivity index (χ1) is 19.0. The van der Waals surface area contributed by atoms with E-state index in [9.17, 15) is 31.8 Å². The second-order valence-electron chi connectivity index (χ2n) is 10.7. The van der Waals surface area contributed by atoms with Crippen LogP contribution in [0.25, 0.3) is 11.1 Å². The summed E-state index contributed by atoms with van der Waals surface area (Å²) in [6, 6.07) is 13.0. The van der Waals surface area contributed by atoms with Crippen molar-refractivity contribution in [3.63, 3.8) is 0 Å². The number of aromatic hydroxyl groups is 2. The summed E-state index contributed by atoms with van der Waals surface area (Å²) in [5.41, 5.74) is 5.90. The molecule has 0 aliphatic heterocycles. The van der Waals surface area contributed by atoms with Gasteiger partial charge in [-0.25, -0.2) is 8.42 Å². The zero-order chi connectivity index (χ0) is 29.2. The van der Waals surface area contributed by atoms with Gasteiger partial charge in [-0.3, -0.25) is 0 Å². The highest BCUT2D eigenvalue weighted by Gasteiger charge is 2.29. The lowest BCUT2D eigenvalue weighted by atomic mass is 9.89. The number of fused-ring (bicyclic) bond motifs is 1. The van der Waals surface area contributed by atoms with E-state index >= 15 is 0 Å². The first-order valence-electron chi connectivity index (χ1n) is 14.3. The highest BCUT2D eigenvalue weighted by Crippen LogP contribution is 2.40. The van der Waals surface area contributed by atoms with Crippen LogP contribution < -0.4 is 0 Å². The van der Waals surface area contributed by atoms with Gasteiger partial charge in [0.1, 0.15) is 11.5 Å². The summed E-state index contributed by atoms with van der Waals surface area (Å²) in [6.07, 6.45) is 2.31. The van der Waals surface area contributed by atoms with Gasteiger partial charge in [-0.2, -0.15) is 13.2 Å². The molecule has 0 heterocycles. The summed E-state index contributed by atoms with van der Waals surface area (Å²) >= 11 is 0. The molecule has 0 radical (unpaired) electrons. The molecule has 0 atom stereocenters. The average molecular weight is 582 g/mol. The second kappa shape index (κ2) is 14.9. The van der Waals surface area contributed by atoms with Gasteiger partial charge in [0.05, 0.1) is 17.9 Å². The van der Waals surface area contributed by atoms with Crippen LogP contribution in [-0.4, -0.2) is 60.8 Å². The van der Waals surface area contributed by atoms with Crippen molar-refractivity contribution in [3.05, 3.63) is 59.2 Å². The van der Waals surface area contributed by atoms with Crippen LogP contribution in [0.4, 0.5) is 13.2 Å². The number of sulfone groups is 1. The number of nitrogens with zero attached hydrogens (tertiary/aromatic N) is 1. The molecule has 0 aromatic heterocycles. The number of hydrogen-bond acceptors (Lipinski definition) is 5. The van der Waals surface area contributed by atoms with Gasteiger partial charge in [0.2, 0.25) is 0 Å². The maximum absolute atomic E-state index is 12.3. The molecule has 2 aromatic rings. The standard InChI is InChI=1S/C31H42F3NO4S/c1-2-35(19-9-20-40(38,39)21-17-31(32,33)34)18-6-4-3-5-13-30-28(24-10-7-12-26(36)22-24)14-8-11-25-23-27(37)15-16-29(25)30/h7,10,12,15-16,22-23,36-37H,2-6,8-9,11,13-14,17-21H2,1H3. The van der Waals surface area contributed by atoms with Crippen LogP contribution in [0.2, 0.25) is 0 Å². The molecule has 0 unspecified atom stereocenters. The molecule has 0 saturated heterocycles. The lowest BCUT2D eigenvalue weighted by Gasteiger charge is -2.20. The van der Waals surface area contributed by atoms with Gasteiger partial charge in [-0.1, -0.05) is 38.0 Å². The molecule has 2 N–H and O–H groups in total. The predicted molar refractivity (Wildman–Crippen MR) is 155 cm³/mol. The van der Waals surface area contributed by atoms with Crippen LogP contribution in [0, 0.1) is 0 Å². The van der Waals surface area contributed by atoms with Crippen molar-refractivity contribution in [1.29, 1.82) is 0 Å². The van der Waals surface area contributed by atoms with E-state index < -0.39 is 28.2 Å². The first kappa shape index (κ1) is 32.0. The van der Waals surface area contributed by atoms with Crippen molar-refractivity contribution in [2.75, 3.05) is 31.1 Å². The molecule has 0 bridgehead atoms. The number of benzene rings is 2. The molecule has 9 heteroatoms. The van der Waals surface area contributed by atoms with Gasteiger partial charge < -0.3 is 15.1 Å². The smallest absolute Gasteiger partial charge is 0.390 e. The monoisotopic (exact) mass is 581 g/mol. The SMILES string of the molecule is CCN(CCCCCCC1=C(c2cccc(O)c2)CCCc2cc(O)ccc21)CCCS(=O)(=O)CCC(F)(F)F. The molecule has 222 valence electrons. The lowest BCUT2D eigenvalue weighted by Crippen LogP contribution is -2.28. The molecule has 1 aliphatic rings. The van der Waals surface area contributed by atoms with Crippen molar-refractivity contribution in [3.8, 4) is 11.5 Å². The van der Waals surface area contributed by atoms with E-state index in [0.29, 0.717) is 13.0 Å². The third kappa shape index (κ3) is 10.5. The van der Waals surface area contributed by atoms with Crippen molar-refractivity contribution < 1.29 is 31.8 Å². The minimum atomic E-state index is -4.45. The second-order valence-corrected chi connectivity index (χ2v) is 13.0. The number of hydrogen-bond donors (Lipinski definition) is 2. The van der Waals surface area contributed by atoms with Crippen molar-refractivity contribution in [1.82, 2.24) is 4.90 Å². The Kier molecular flexibility index (Phi) is 11.9. The van der Waals surface area contributed by atoms with Crippen molar-refractivity contribution >= 4 is 21.0 Å². The zero-order valence-electron chi connectivity index (χ0n) is 23.3. The lowest BCUT2D eigenvalue weighted by molar-refractivity contribution is -0.129. The van der Waals surface area contributed by atoms with E-state index in [0.717, 1.165) is 75.6 Å². The number of phenolic OH excluding ortho intramolecular Hbond substituents is 2. The van der Waals surface area contributed by atoms with Crippen LogP contribution >= 0.6 is 0 Å². The number of halogens is 3. The summed E-state index contributed by atoms with van der Waals surface area (Å²) in [5, 5.41) is 20.1. The summed E-state index contributed by atoms with van der Waals surface area (Å²) < 4.78 is 60.8. The minimum absolute atomic E-state index is 0.213. The van der Waals surface area contributed by atoms with Crippen LogP contribution in [0.5, 0.6) is 11.5 Å². The van der Waals surface area contributed by atoms with Crippen molar-refractivity contribution in [2.45, 2.75) is 77.3 Å². The molecule has 0 fully saturated rings. The van der Waals surface area contributed by atoms with Gasteiger partial charge in [0.25, 0.3) is 0 Å². The van der Waals surface area contributed by atoms with Gasteiger partial charge in [-0.15, -0.1) is 0 Å². The summed E-state index contributed by atoms with van der Waals surface area (Å²) in [4.78, 5) is 2.16. The Morgan fingerprint density at radius 2 is 1.60 bits per heavy atom. The Bertz CT molecular complexity index is 1240. The Hall–Kier alpha value is -2.52. The topological polar surface area (TPSA) is 77.8 Å². The molecular weight excluding hydrogens is 539 g/mol. The minimum Gasteiger partial charge on any atom is -0.508 e. The number of aryl methyl sites for hydroxylation is 1. The molecular formula is C31H42F3NO4S. The van der Waals surface area contributed by atoms with Gasteiger partial charge in [0, 0.05) is 0 Å². The van der Waals surface area contributed by atoms with E-state index in [1.165, 1.54) is 16.7 Å². The van der Waals surface area contributed by atoms with Crippen LogP contribution in [0.3, 0.4) is 0 Å². The molecule has 3 rings (SSSR count). The molecule has 2 aromatic carbocycles. The fourth-order valence-electron chi connectivity index (χ4n) is 5.45. The molecule has 1 aliphatic carbocycles. The normalized spacial score (nSPS) is 14.4. The highest BCUT2D eigenvalue weighted by atomic mass is 32.2. The third-order valence-corrected chi connectivity index (χ3v) is 9.31. The van der Waals surface area contributed by atoms with Crippen LogP contribution in [-0.2, 0) is 16.3 Å². The predicted octanol–water partition coefficient (Wildman–Crippen LogP) is 7.37. The summed E-state index contributed by atoms with van der Waals surface area (Å²) in [7, 11) is -3.69. The zero-order valence-corrected chi connectivity index (χ0v) is 24.2. The fraction of sp³-hybridized carbons (Fsp3) is 0.548. The average Bonchev–Trinajstić information content (AvgIpc) is 3.07. The van der Waals surface area contributed by atoms with E-state index in [4.69, 9.17) is 0 Å². The Morgan fingerprint density at radius 3 is 2.33 bits per heavy atom. The van der Waals surface area contributed by atoms with Gasteiger partial charge >= 0.3 is 6.18 Å². The Morgan fingerprint density at radius 1 is 0.875 bits per heavy atom. The third-order valence-electron chi connectivity index (χ3n) is 7.57. The number of unbranched alkanes of at least 4 members (excludes halogenated alkanes) is 3. The van der Waals surface area contributed by atoms with Gasteiger partial charge in [-0.05, 0) is 117 Å². The van der Waals surface area contributed by atoms with E-state index in [1.54, 1.807) is 12.1 Å². The number of alkyl halides is 3. The quantitative estimate of drug-likeness (QED) is 0.215. The summed E-state index contributed by atoms with van der Waals surface area (Å²) in [6.45, 7) is 4.17. The highest BCUT2D eigenvalue weighted by molar-refractivity contribution is 7.91. The number of phenols is 2. The Labute approximate surface area is 236 Å². The molecule has 0 saturated carbocycles. The molecule has 0 spiro atoms. The fourth-order valence-corrected chi connectivity index (χ4v) is 6.76. The number of allylic oxidation sites excluding steroid dienone is 2. The maximum Gasteiger partial charge on any atom is 0.390 e. The largest absolute Gasteiger partial charge is 0.508 e. The van der Waals surface area contributed by atoms with Crippen LogP contribution in [0.1, 0.15) is 81.4 Å². The Balaban J connectivity index is 1.51. The van der Waals surface area contributed by atoms with E-state index in [-0.39, 0.29) is 17.3 Å². The summed E-state index contributed by atoms with van der Waals surface area (Å²) in [5.74, 6) is -0.523. The first-order valence-corrected chi connectivity index (χ1v) is 16.1. The van der Waals surface area contributed by atoms with Crippen molar-refractivity contribution in [2.24, 2.45) is 0 Å². The van der Waals surface area contributed by atoms with Gasteiger partial charge in [0.15, 0.2) is 9.84 Å². The van der Waals surface area contributed by atoms with Crippen LogP contribution in [0.15, 0.2) is 42.5 Å². The molecule has 40 heavy (non-hydrogen) atoms. The maximum atomic E-state index is 12.3. The number of rotatable bonds is 15. The van der Waals surface area contributed by atoms with E-state index in [2.05, 4.69) is 4.90 Å². The van der Waals surface area contributed by atoms with E-state index in [1.807, 2.05) is 37.3 Å². The molecule has 0 amide bonds. The molecule has 5 nitrogen and oxygen atoms in total.